The van der Waals surface area contributed by atoms with Crippen LogP contribution < -0.4 is 14.8 Å². The van der Waals surface area contributed by atoms with Crippen LogP contribution in [0.3, 0.4) is 0 Å². The monoisotopic (exact) mass is 360 g/mol. The van der Waals surface area contributed by atoms with Crippen LogP contribution in [0, 0.1) is 6.92 Å². The summed E-state index contributed by atoms with van der Waals surface area (Å²) < 4.78 is 32.9. The number of anilines is 1. The first-order valence-electron chi connectivity index (χ1n) is 7.54. The lowest BCUT2D eigenvalue weighted by Gasteiger charge is -2.13. The number of amides is 1. The zero-order chi connectivity index (χ0) is 18.4. The van der Waals surface area contributed by atoms with E-state index in [1.54, 1.807) is 37.3 Å². The number of carbonyl (C=O) groups excluding carboxylic acids is 1. The molecule has 0 aliphatic carbocycles. The van der Waals surface area contributed by atoms with Crippen LogP contribution in [0.4, 0.5) is 5.69 Å². The minimum Gasteiger partial charge on any atom is -0.496 e. The first kappa shape index (κ1) is 18.5. The molecule has 132 valence electrons. The number of carbonyl (C=O) groups is 1. The first-order chi connectivity index (χ1) is 11.9. The van der Waals surface area contributed by atoms with Crippen molar-refractivity contribution in [3.8, 4) is 5.75 Å². The van der Waals surface area contributed by atoms with Gasteiger partial charge in [-0.2, -0.15) is 0 Å². The second-order valence-electron chi connectivity index (χ2n) is 5.28. The fraction of sp³-hybridized carbons (Fsp3) is 0.167. The average molecular weight is 360 g/mol. The molecule has 0 unspecified atom stereocenters. The van der Waals surface area contributed by atoms with Gasteiger partial charge in [0.2, 0.25) is 0 Å². The molecule has 0 heterocycles. The summed E-state index contributed by atoms with van der Waals surface area (Å²) in [4.78, 5) is 12.3. The number of benzene rings is 2. The number of sulfonamides is 1. The quantitative estimate of drug-likeness (QED) is 0.744. The summed E-state index contributed by atoms with van der Waals surface area (Å²) in [6.45, 7) is 5.58. The van der Waals surface area contributed by atoms with Gasteiger partial charge in [0.05, 0.1) is 23.3 Å². The second-order valence-corrected chi connectivity index (χ2v) is 6.96. The van der Waals surface area contributed by atoms with Gasteiger partial charge in [-0.05, 0) is 42.8 Å². The van der Waals surface area contributed by atoms with Gasteiger partial charge in [0.15, 0.2) is 0 Å². The van der Waals surface area contributed by atoms with Gasteiger partial charge in [0.1, 0.15) is 5.75 Å². The molecule has 0 spiro atoms. The van der Waals surface area contributed by atoms with E-state index in [0.29, 0.717) is 11.3 Å². The molecule has 25 heavy (non-hydrogen) atoms. The summed E-state index contributed by atoms with van der Waals surface area (Å²) in [5, 5.41) is 2.63. The highest BCUT2D eigenvalue weighted by molar-refractivity contribution is 7.92. The Kier molecular flexibility index (Phi) is 5.82. The summed E-state index contributed by atoms with van der Waals surface area (Å²) in [6.07, 6.45) is 1.55. The van der Waals surface area contributed by atoms with Gasteiger partial charge in [-0.15, -0.1) is 6.58 Å². The molecule has 0 aliphatic rings. The lowest BCUT2D eigenvalue weighted by Crippen LogP contribution is -2.25. The van der Waals surface area contributed by atoms with Crippen molar-refractivity contribution in [1.82, 2.24) is 5.32 Å². The number of aryl methyl sites for hydroxylation is 1. The molecule has 0 fully saturated rings. The van der Waals surface area contributed by atoms with E-state index in [1.807, 2.05) is 0 Å². The third kappa shape index (κ3) is 4.39. The molecule has 2 N–H and O–H groups in total. The van der Waals surface area contributed by atoms with Crippen molar-refractivity contribution < 1.29 is 17.9 Å². The molecule has 2 rings (SSSR count). The maximum atomic E-state index is 12.6. The fourth-order valence-electron chi connectivity index (χ4n) is 2.25. The standard InChI is InChI=1S/C18H20N2O4S/c1-4-11-19-18(21)15-7-5-6-8-16(15)20-25(22,23)14-9-10-17(24-3)13(2)12-14/h4-10,12,20H,1,11H2,2-3H3,(H,19,21). The van der Waals surface area contributed by atoms with Crippen molar-refractivity contribution in [2.75, 3.05) is 18.4 Å². The largest absolute Gasteiger partial charge is 0.496 e. The van der Waals surface area contributed by atoms with Crippen LogP contribution in [0.15, 0.2) is 60.0 Å². The summed E-state index contributed by atoms with van der Waals surface area (Å²) in [5.41, 5.74) is 1.14. The van der Waals surface area contributed by atoms with Gasteiger partial charge in [-0.3, -0.25) is 9.52 Å². The number of ether oxygens (including phenoxy) is 1. The molecule has 0 bridgehead atoms. The van der Waals surface area contributed by atoms with Crippen LogP contribution in [0.5, 0.6) is 5.75 Å². The van der Waals surface area contributed by atoms with E-state index < -0.39 is 10.0 Å². The van der Waals surface area contributed by atoms with Crippen molar-refractivity contribution >= 4 is 21.6 Å². The third-order valence-corrected chi connectivity index (χ3v) is 4.86. The van der Waals surface area contributed by atoms with E-state index in [-0.39, 0.29) is 28.6 Å². The van der Waals surface area contributed by atoms with Crippen molar-refractivity contribution in [1.29, 1.82) is 0 Å². The van der Waals surface area contributed by atoms with Crippen molar-refractivity contribution in [2.24, 2.45) is 0 Å². The Balaban J connectivity index is 2.34. The van der Waals surface area contributed by atoms with Crippen LogP contribution in [0.25, 0.3) is 0 Å². The van der Waals surface area contributed by atoms with Crippen molar-refractivity contribution in [3.63, 3.8) is 0 Å². The summed E-state index contributed by atoms with van der Waals surface area (Å²) in [5.74, 6) is 0.215. The van der Waals surface area contributed by atoms with Gasteiger partial charge in [0, 0.05) is 6.54 Å². The Morgan fingerprint density at radius 3 is 2.60 bits per heavy atom. The van der Waals surface area contributed by atoms with E-state index in [1.165, 1.54) is 25.3 Å². The minimum absolute atomic E-state index is 0.0899. The normalized spacial score (nSPS) is 10.8. The zero-order valence-electron chi connectivity index (χ0n) is 14.1. The van der Waals surface area contributed by atoms with Crippen molar-refractivity contribution in [2.45, 2.75) is 11.8 Å². The minimum atomic E-state index is -3.84. The average Bonchev–Trinajstić information content (AvgIpc) is 2.59. The molecule has 7 heteroatoms. The predicted molar refractivity (Wildman–Crippen MR) is 97.5 cm³/mol. The lowest BCUT2D eigenvalue weighted by atomic mass is 10.1. The molecular weight excluding hydrogens is 340 g/mol. The highest BCUT2D eigenvalue weighted by Crippen LogP contribution is 2.24. The smallest absolute Gasteiger partial charge is 0.261 e. The highest BCUT2D eigenvalue weighted by Gasteiger charge is 2.19. The van der Waals surface area contributed by atoms with Gasteiger partial charge in [-0.1, -0.05) is 18.2 Å². The first-order valence-corrected chi connectivity index (χ1v) is 9.03. The molecule has 0 aliphatic heterocycles. The Labute approximate surface area is 147 Å². The van der Waals surface area contributed by atoms with E-state index in [9.17, 15) is 13.2 Å². The van der Waals surface area contributed by atoms with E-state index in [0.717, 1.165) is 0 Å². The number of hydrogen-bond donors (Lipinski definition) is 2. The zero-order valence-corrected chi connectivity index (χ0v) is 14.9. The topological polar surface area (TPSA) is 84.5 Å². The van der Waals surface area contributed by atoms with Gasteiger partial charge in [0.25, 0.3) is 15.9 Å². The molecule has 0 saturated heterocycles. The Bertz CT molecular complexity index is 892. The molecule has 6 nitrogen and oxygen atoms in total. The molecule has 0 atom stereocenters. The molecule has 2 aromatic rings. The number of rotatable bonds is 7. The Morgan fingerprint density at radius 2 is 1.96 bits per heavy atom. The third-order valence-electron chi connectivity index (χ3n) is 3.50. The Morgan fingerprint density at radius 1 is 1.24 bits per heavy atom. The fourth-order valence-corrected chi connectivity index (χ4v) is 3.42. The molecule has 2 aromatic carbocycles. The molecule has 0 aromatic heterocycles. The predicted octanol–water partition coefficient (Wildman–Crippen LogP) is 2.72. The van der Waals surface area contributed by atoms with Crippen molar-refractivity contribution in [3.05, 3.63) is 66.2 Å². The van der Waals surface area contributed by atoms with Gasteiger partial charge in [-0.25, -0.2) is 8.42 Å². The van der Waals surface area contributed by atoms with Crippen LogP contribution in [0.1, 0.15) is 15.9 Å². The highest BCUT2D eigenvalue weighted by atomic mass is 32.2. The maximum Gasteiger partial charge on any atom is 0.261 e. The number of methoxy groups -OCH3 is 1. The van der Waals surface area contributed by atoms with E-state index in [2.05, 4.69) is 16.6 Å². The number of hydrogen-bond acceptors (Lipinski definition) is 4. The van der Waals surface area contributed by atoms with Crippen LogP contribution in [-0.2, 0) is 10.0 Å². The van der Waals surface area contributed by atoms with E-state index >= 15 is 0 Å². The number of para-hydroxylation sites is 1. The SMILES string of the molecule is C=CCNC(=O)c1ccccc1NS(=O)(=O)c1ccc(OC)c(C)c1. The maximum absolute atomic E-state index is 12.6. The Hall–Kier alpha value is -2.80. The van der Waals surface area contributed by atoms with Crippen LogP contribution in [-0.4, -0.2) is 28.0 Å². The molecule has 0 radical (unpaired) electrons. The molecule has 1 amide bonds. The summed E-state index contributed by atoms with van der Waals surface area (Å²) in [6, 6.07) is 11.0. The van der Waals surface area contributed by atoms with Gasteiger partial charge < -0.3 is 10.1 Å². The van der Waals surface area contributed by atoms with E-state index in [4.69, 9.17) is 4.74 Å². The van der Waals surface area contributed by atoms with Gasteiger partial charge >= 0.3 is 0 Å². The second kappa shape index (κ2) is 7.85. The molecule has 0 saturated carbocycles. The number of nitrogens with one attached hydrogen (secondary N) is 2. The lowest BCUT2D eigenvalue weighted by molar-refractivity contribution is 0.0959. The summed E-state index contributed by atoms with van der Waals surface area (Å²) >= 11 is 0. The van der Waals surface area contributed by atoms with Crippen LogP contribution in [0.2, 0.25) is 0 Å². The summed E-state index contributed by atoms with van der Waals surface area (Å²) in [7, 11) is -2.32. The molecular formula is C18H20N2O4S. The van der Waals surface area contributed by atoms with Crippen LogP contribution >= 0.6 is 0 Å².